The van der Waals surface area contributed by atoms with E-state index < -0.39 is 0 Å². The first-order chi connectivity index (χ1) is 10.1. The van der Waals surface area contributed by atoms with E-state index in [0.29, 0.717) is 5.92 Å². The first-order valence-corrected chi connectivity index (χ1v) is 7.27. The Morgan fingerprint density at radius 2 is 1.86 bits per heavy atom. The Morgan fingerprint density at radius 3 is 2.48 bits per heavy atom. The van der Waals surface area contributed by atoms with Gasteiger partial charge >= 0.3 is 0 Å². The maximum absolute atomic E-state index is 11.9. The minimum atomic E-state index is 0.120. The molecule has 0 radical (unpaired) electrons. The van der Waals surface area contributed by atoms with Crippen LogP contribution in [-0.4, -0.2) is 5.91 Å². The predicted molar refractivity (Wildman–Crippen MR) is 83.6 cm³/mol. The van der Waals surface area contributed by atoms with E-state index in [-0.39, 0.29) is 11.8 Å². The van der Waals surface area contributed by atoms with Crippen molar-refractivity contribution in [1.29, 1.82) is 0 Å². The van der Waals surface area contributed by atoms with E-state index in [0.717, 1.165) is 29.2 Å². The van der Waals surface area contributed by atoms with Crippen molar-refractivity contribution < 1.29 is 9.53 Å². The third-order valence-electron chi connectivity index (χ3n) is 3.79. The molecule has 3 heteroatoms. The standard InChI is InChI=1S/C18H19NO2/c1-12-4-3-5-16(10-12)21-15-8-6-14(7-9-15)19-18(20)17-11-13(17)2/h3-10,13,17H,11H2,1-2H3,(H,19,20)/t13-,17+/m1/s1. The molecule has 3 rings (SSSR count). The van der Waals surface area contributed by atoms with Crippen LogP contribution in [0.1, 0.15) is 18.9 Å². The molecule has 3 nitrogen and oxygen atoms in total. The maximum Gasteiger partial charge on any atom is 0.227 e. The SMILES string of the molecule is Cc1cccc(Oc2ccc(NC(=O)[C@H]3C[C@H]3C)cc2)c1. The number of carbonyl (C=O) groups is 1. The molecule has 1 aliphatic rings. The van der Waals surface area contributed by atoms with Gasteiger partial charge in [-0.3, -0.25) is 4.79 Å². The number of hydrogen-bond acceptors (Lipinski definition) is 2. The van der Waals surface area contributed by atoms with Crippen LogP contribution >= 0.6 is 0 Å². The molecule has 2 aromatic carbocycles. The van der Waals surface area contributed by atoms with Gasteiger partial charge in [-0.2, -0.15) is 0 Å². The lowest BCUT2D eigenvalue weighted by Crippen LogP contribution is -2.14. The van der Waals surface area contributed by atoms with Crippen molar-refractivity contribution in [1.82, 2.24) is 0 Å². The smallest absolute Gasteiger partial charge is 0.227 e. The van der Waals surface area contributed by atoms with Crippen LogP contribution in [0.4, 0.5) is 5.69 Å². The monoisotopic (exact) mass is 281 g/mol. The second-order valence-electron chi connectivity index (χ2n) is 5.75. The molecule has 1 aliphatic carbocycles. The van der Waals surface area contributed by atoms with Crippen molar-refractivity contribution in [3.05, 3.63) is 54.1 Å². The van der Waals surface area contributed by atoms with Gasteiger partial charge in [0.2, 0.25) is 5.91 Å². The molecule has 0 saturated heterocycles. The molecule has 0 bridgehead atoms. The highest BCUT2D eigenvalue weighted by molar-refractivity contribution is 5.94. The van der Waals surface area contributed by atoms with Crippen LogP contribution in [0.15, 0.2) is 48.5 Å². The van der Waals surface area contributed by atoms with Gasteiger partial charge < -0.3 is 10.1 Å². The average Bonchev–Trinajstić information content (AvgIpc) is 3.18. The van der Waals surface area contributed by atoms with E-state index >= 15 is 0 Å². The number of benzene rings is 2. The predicted octanol–water partition coefficient (Wildman–Crippen LogP) is 4.38. The Bertz CT molecular complexity index is 649. The first kappa shape index (κ1) is 13.7. The first-order valence-electron chi connectivity index (χ1n) is 7.27. The number of carbonyl (C=O) groups excluding carboxylic acids is 1. The molecule has 2 atom stereocenters. The Labute approximate surface area is 124 Å². The average molecular weight is 281 g/mol. The minimum Gasteiger partial charge on any atom is -0.457 e. The highest BCUT2D eigenvalue weighted by atomic mass is 16.5. The van der Waals surface area contributed by atoms with Gasteiger partial charge in [0.25, 0.3) is 0 Å². The van der Waals surface area contributed by atoms with Crippen molar-refractivity contribution in [3.63, 3.8) is 0 Å². The summed E-state index contributed by atoms with van der Waals surface area (Å²) in [6, 6.07) is 15.4. The maximum atomic E-state index is 11.9. The molecule has 21 heavy (non-hydrogen) atoms. The molecule has 0 unspecified atom stereocenters. The quantitative estimate of drug-likeness (QED) is 0.903. The molecular formula is C18H19NO2. The Balaban J connectivity index is 1.62. The molecule has 1 saturated carbocycles. The van der Waals surface area contributed by atoms with Crippen molar-refractivity contribution in [3.8, 4) is 11.5 Å². The van der Waals surface area contributed by atoms with E-state index in [9.17, 15) is 4.79 Å². The summed E-state index contributed by atoms with van der Waals surface area (Å²) < 4.78 is 5.78. The summed E-state index contributed by atoms with van der Waals surface area (Å²) in [5.74, 6) is 2.41. The number of ether oxygens (including phenoxy) is 1. The van der Waals surface area contributed by atoms with Gasteiger partial charge in [0.05, 0.1) is 0 Å². The van der Waals surface area contributed by atoms with E-state index in [1.807, 2.05) is 55.5 Å². The van der Waals surface area contributed by atoms with E-state index in [1.54, 1.807) is 0 Å². The molecule has 1 amide bonds. The number of nitrogens with one attached hydrogen (secondary N) is 1. The molecule has 1 fully saturated rings. The third-order valence-corrected chi connectivity index (χ3v) is 3.79. The summed E-state index contributed by atoms with van der Waals surface area (Å²) in [5, 5.41) is 2.94. The lowest BCUT2D eigenvalue weighted by Gasteiger charge is -2.08. The second-order valence-corrected chi connectivity index (χ2v) is 5.75. The molecule has 0 aliphatic heterocycles. The second kappa shape index (κ2) is 5.60. The fourth-order valence-electron chi connectivity index (χ4n) is 2.34. The largest absolute Gasteiger partial charge is 0.457 e. The number of rotatable bonds is 4. The number of hydrogen-bond donors (Lipinski definition) is 1. The van der Waals surface area contributed by atoms with Gasteiger partial charge in [0.15, 0.2) is 0 Å². The number of aryl methyl sites for hydroxylation is 1. The zero-order valence-electron chi connectivity index (χ0n) is 12.3. The van der Waals surface area contributed by atoms with Gasteiger partial charge in [-0.15, -0.1) is 0 Å². The lowest BCUT2D eigenvalue weighted by atomic mass is 10.2. The molecule has 0 spiro atoms. The van der Waals surface area contributed by atoms with Gasteiger partial charge in [-0.05, 0) is 61.2 Å². The molecule has 1 N–H and O–H groups in total. The third kappa shape index (κ3) is 3.43. The zero-order valence-corrected chi connectivity index (χ0v) is 12.3. The van der Waals surface area contributed by atoms with Crippen LogP contribution in [0.3, 0.4) is 0 Å². The van der Waals surface area contributed by atoms with E-state index in [1.165, 1.54) is 0 Å². The number of amides is 1. The van der Waals surface area contributed by atoms with Crippen LogP contribution in [0.2, 0.25) is 0 Å². The van der Waals surface area contributed by atoms with Crippen LogP contribution in [-0.2, 0) is 4.79 Å². The van der Waals surface area contributed by atoms with Crippen LogP contribution < -0.4 is 10.1 Å². The highest BCUT2D eigenvalue weighted by Crippen LogP contribution is 2.38. The summed E-state index contributed by atoms with van der Waals surface area (Å²) in [5.41, 5.74) is 1.98. The summed E-state index contributed by atoms with van der Waals surface area (Å²) in [6.45, 7) is 4.13. The fourth-order valence-corrected chi connectivity index (χ4v) is 2.34. The van der Waals surface area contributed by atoms with Crippen molar-refractivity contribution in [2.45, 2.75) is 20.3 Å². The van der Waals surface area contributed by atoms with Crippen molar-refractivity contribution in [2.75, 3.05) is 5.32 Å². The minimum absolute atomic E-state index is 0.120. The van der Waals surface area contributed by atoms with Crippen LogP contribution in [0, 0.1) is 18.8 Å². The van der Waals surface area contributed by atoms with E-state index in [4.69, 9.17) is 4.74 Å². The van der Waals surface area contributed by atoms with E-state index in [2.05, 4.69) is 12.2 Å². The molecule has 108 valence electrons. The summed E-state index contributed by atoms with van der Waals surface area (Å²) in [6.07, 6.45) is 1.00. The Kier molecular flexibility index (Phi) is 3.65. The zero-order chi connectivity index (χ0) is 14.8. The molecule has 0 aromatic heterocycles. The molecule has 0 heterocycles. The fraction of sp³-hybridized carbons (Fsp3) is 0.278. The highest BCUT2D eigenvalue weighted by Gasteiger charge is 2.38. The molecule has 2 aromatic rings. The summed E-state index contributed by atoms with van der Waals surface area (Å²) in [7, 11) is 0. The lowest BCUT2D eigenvalue weighted by molar-refractivity contribution is -0.117. The number of anilines is 1. The Hall–Kier alpha value is -2.29. The summed E-state index contributed by atoms with van der Waals surface area (Å²) >= 11 is 0. The normalized spacial score (nSPS) is 19.9. The van der Waals surface area contributed by atoms with Crippen LogP contribution in [0.5, 0.6) is 11.5 Å². The van der Waals surface area contributed by atoms with Gasteiger partial charge in [-0.25, -0.2) is 0 Å². The van der Waals surface area contributed by atoms with Crippen LogP contribution in [0.25, 0.3) is 0 Å². The molecular weight excluding hydrogens is 262 g/mol. The van der Waals surface area contributed by atoms with Gasteiger partial charge in [0, 0.05) is 11.6 Å². The van der Waals surface area contributed by atoms with Gasteiger partial charge in [0.1, 0.15) is 11.5 Å². The van der Waals surface area contributed by atoms with Crippen molar-refractivity contribution >= 4 is 11.6 Å². The topological polar surface area (TPSA) is 38.3 Å². The van der Waals surface area contributed by atoms with Gasteiger partial charge in [-0.1, -0.05) is 19.1 Å². The summed E-state index contributed by atoms with van der Waals surface area (Å²) in [4.78, 5) is 11.9. The van der Waals surface area contributed by atoms with Crippen molar-refractivity contribution in [2.24, 2.45) is 11.8 Å². The Morgan fingerprint density at radius 1 is 1.14 bits per heavy atom.